The van der Waals surface area contributed by atoms with Gasteiger partial charge in [0.2, 0.25) is 0 Å². The van der Waals surface area contributed by atoms with E-state index in [1.165, 1.54) is 64.2 Å². The Morgan fingerprint density at radius 1 is 1.00 bits per heavy atom. The van der Waals surface area contributed by atoms with Crippen molar-refractivity contribution >= 4 is 0 Å². The normalized spacial score (nSPS) is 24.3. The van der Waals surface area contributed by atoms with Crippen LogP contribution in [-0.2, 0) is 4.74 Å². The zero-order valence-electron chi connectivity index (χ0n) is 12.6. The van der Waals surface area contributed by atoms with Crippen LogP contribution in [0, 0.1) is 0 Å². The fourth-order valence-electron chi connectivity index (χ4n) is 2.72. The highest BCUT2D eigenvalue weighted by Crippen LogP contribution is 2.18. The lowest BCUT2D eigenvalue weighted by molar-refractivity contribution is 0.0286. The second-order valence-corrected chi connectivity index (χ2v) is 6.12. The maximum absolute atomic E-state index is 5.56. The van der Waals surface area contributed by atoms with Gasteiger partial charge in [-0.15, -0.1) is 0 Å². The van der Waals surface area contributed by atoms with E-state index in [2.05, 4.69) is 19.2 Å². The first-order valence-corrected chi connectivity index (χ1v) is 8.10. The highest BCUT2D eigenvalue weighted by atomic mass is 16.5. The Labute approximate surface area is 114 Å². The first-order chi connectivity index (χ1) is 8.77. The summed E-state index contributed by atoms with van der Waals surface area (Å²) >= 11 is 0. The lowest BCUT2D eigenvalue weighted by atomic mass is 9.95. The highest BCUT2D eigenvalue weighted by Gasteiger charge is 2.26. The molecule has 1 fully saturated rings. The van der Waals surface area contributed by atoms with Gasteiger partial charge in [-0.05, 0) is 32.7 Å². The summed E-state index contributed by atoms with van der Waals surface area (Å²) in [7, 11) is 0. The summed E-state index contributed by atoms with van der Waals surface area (Å²) in [6, 6.07) is 0. The van der Waals surface area contributed by atoms with Gasteiger partial charge in [-0.3, -0.25) is 0 Å². The molecule has 0 aliphatic carbocycles. The van der Waals surface area contributed by atoms with Crippen LogP contribution in [0.3, 0.4) is 0 Å². The van der Waals surface area contributed by atoms with Gasteiger partial charge in [0.1, 0.15) is 0 Å². The maximum Gasteiger partial charge on any atom is 0.0645 e. The van der Waals surface area contributed by atoms with Gasteiger partial charge in [0, 0.05) is 12.1 Å². The van der Waals surface area contributed by atoms with Crippen LogP contribution in [-0.4, -0.2) is 25.3 Å². The molecule has 0 saturated carbocycles. The van der Waals surface area contributed by atoms with Crippen LogP contribution < -0.4 is 5.32 Å². The molecule has 108 valence electrons. The molecule has 2 heteroatoms. The first-order valence-electron chi connectivity index (χ1n) is 8.10. The topological polar surface area (TPSA) is 21.3 Å². The van der Waals surface area contributed by atoms with Crippen molar-refractivity contribution < 1.29 is 4.74 Å². The largest absolute Gasteiger partial charge is 0.380 e. The number of rotatable bonds is 10. The first kappa shape index (κ1) is 16.0. The molecular weight excluding hydrogens is 222 g/mol. The minimum absolute atomic E-state index is 0.249. The Morgan fingerprint density at radius 3 is 2.28 bits per heavy atom. The molecule has 18 heavy (non-hydrogen) atoms. The molecule has 1 aliphatic rings. The van der Waals surface area contributed by atoms with Gasteiger partial charge >= 0.3 is 0 Å². The summed E-state index contributed by atoms with van der Waals surface area (Å²) in [5.74, 6) is 0. The zero-order valence-corrected chi connectivity index (χ0v) is 12.6. The van der Waals surface area contributed by atoms with Crippen LogP contribution in [0.1, 0.15) is 78.1 Å². The lowest BCUT2D eigenvalue weighted by Gasteiger charge is -2.34. The molecule has 1 atom stereocenters. The predicted molar refractivity (Wildman–Crippen MR) is 79.1 cm³/mol. The molecule has 0 aromatic rings. The molecule has 1 unspecified atom stereocenters. The van der Waals surface area contributed by atoms with Crippen molar-refractivity contribution in [3.63, 3.8) is 0 Å². The van der Waals surface area contributed by atoms with Crippen LogP contribution in [0.2, 0.25) is 0 Å². The van der Waals surface area contributed by atoms with Gasteiger partial charge < -0.3 is 10.1 Å². The van der Waals surface area contributed by atoms with Crippen molar-refractivity contribution in [1.29, 1.82) is 0 Å². The molecule has 2 nitrogen and oxygen atoms in total. The molecular formula is C16H33NO. The number of unbranched alkanes of at least 4 members (excludes halogenated alkanes) is 7. The molecule has 0 radical (unpaired) electrons. The van der Waals surface area contributed by atoms with Gasteiger partial charge in [-0.1, -0.05) is 51.9 Å². The number of ether oxygens (including phenoxy) is 1. The quantitative estimate of drug-likeness (QED) is 0.588. The minimum Gasteiger partial charge on any atom is -0.380 e. The summed E-state index contributed by atoms with van der Waals surface area (Å²) in [5.41, 5.74) is 0.249. The van der Waals surface area contributed by atoms with E-state index in [-0.39, 0.29) is 5.54 Å². The Balaban J connectivity index is 1.86. The van der Waals surface area contributed by atoms with Crippen LogP contribution in [0.25, 0.3) is 0 Å². The number of hydrogen-bond donors (Lipinski definition) is 1. The third-order valence-electron chi connectivity index (χ3n) is 4.02. The highest BCUT2D eigenvalue weighted by molar-refractivity contribution is 4.85. The third kappa shape index (κ3) is 7.38. The second kappa shape index (κ2) is 9.80. The fraction of sp³-hybridized carbons (Fsp3) is 1.00. The molecule has 0 aromatic heterocycles. The van der Waals surface area contributed by atoms with E-state index in [0.717, 1.165) is 19.8 Å². The van der Waals surface area contributed by atoms with E-state index in [0.29, 0.717) is 0 Å². The fourth-order valence-corrected chi connectivity index (χ4v) is 2.72. The SMILES string of the molecule is CCCCCCCCCCNC1(C)CCCOC1. The number of hydrogen-bond acceptors (Lipinski definition) is 2. The maximum atomic E-state index is 5.56. The average Bonchev–Trinajstić information content (AvgIpc) is 2.38. The van der Waals surface area contributed by atoms with Crippen molar-refractivity contribution in [3.05, 3.63) is 0 Å². The Morgan fingerprint density at radius 2 is 1.67 bits per heavy atom. The molecule has 1 N–H and O–H groups in total. The second-order valence-electron chi connectivity index (χ2n) is 6.12. The lowest BCUT2D eigenvalue weighted by Crippen LogP contribution is -2.49. The molecule has 1 heterocycles. The predicted octanol–water partition coefficient (Wildman–Crippen LogP) is 4.29. The third-order valence-corrected chi connectivity index (χ3v) is 4.02. The zero-order chi connectivity index (χ0) is 13.1. The molecule has 0 aromatic carbocycles. The Kier molecular flexibility index (Phi) is 8.70. The molecule has 0 bridgehead atoms. The van der Waals surface area contributed by atoms with Crippen LogP contribution in [0.4, 0.5) is 0 Å². The summed E-state index contributed by atoms with van der Waals surface area (Å²) in [5, 5.41) is 3.68. The van der Waals surface area contributed by atoms with Crippen molar-refractivity contribution in [3.8, 4) is 0 Å². The molecule has 0 amide bonds. The van der Waals surface area contributed by atoms with E-state index >= 15 is 0 Å². The van der Waals surface area contributed by atoms with Crippen molar-refractivity contribution in [2.24, 2.45) is 0 Å². The van der Waals surface area contributed by atoms with Crippen molar-refractivity contribution in [2.75, 3.05) is 19.8 Å². The summed E-state index contributed by atoms with van der Waals surface area (Å²) < 4.78 is 5.56. The smallest absolute Gasteiger partial charge is 0.0645 e. The minimum atomic E-state index is 0.249. The van der Waals surface area contributed by atoms with Crippen molar-refractivity contribution in [2.45, 2.75) is 83.6 Å². The monoisotopic (exact) mass is 255 g/mol. The summed E-state index contributed by atoms with van der Waals surface area (Å²) in [6.07, 6.45) is 13.7. The van der Waals surface area contributed by atoms with E-state index in [1.54, 1.807) is 0 Å². The molecule has 1 rings (SSSR count). The van der Waals surface area contributed by atoms with E-state index < -0.39 is 0 Å². The van der Waals surface area contributed by atoms with Crippen molar-refractivity contribution in [1.82, 2.24) is 5.32 Å². The molecule has 1 saturated heterocycles. The molecule has 0 spiro atoms. The van der Waals surface area contributed by atoms with E-state index in [4.69, 9.17) is 4.74 Å². The summed E-state index contributed by atoms with van der Waals surface area (Å²) in [6.45, 7) is 7.59. The standard InChI is InChI=1S/C16H33NO/c1-3-4-5-6-7-8-9-10-13-17-16(2)12-11-14-18-15-16/h17H,3-15H2,1-2H3. The van der Waals surface area contributed by atoms with Gasteiger partial charge in [0.05, 0.1) is 6.61 Å². The van der Waals surface area contributed by atoms with Gasteiger partial charge in [0.25, 0.3) is 0 Å². The Bertz CT molecular complexity index is 188. The number of nitrogens with one attached hydrogen (secondary N) is 1. The van der Waals surface area contributed by atoms with E-state index in [9.17, 15) is 0 Å². The Hall–Kier alpha value is -0.0800. The van der Waals surface area contributed by atoms with Gasteiger partial charge in [-0.2, -0.15) is 0 Å². The molecule has 1 aliphatic heterocycles. The van der Waals surface area contributed by atoms with Gasteiger partial charge in [-0.25, -0.2) is 0 Å². The van der Waals surface area contributed by atoms with E-state index in [1.807, 2.05) is 0 Å². The average molecular weight is 255 g/mol. The van der Waals surface area contributed by atoms with Crippen LogP contribution in [0.15, 0.2) is 0 Å². The van der Waals surface area contributed by atoms with Gasteiger partial charge in [0.15, 0.2) is 0 Å². The van der Waals surface area contributed by atoms with Crippen LogP contribution in [0.5, 0.6) is 0 Å². The van der Waals surface area contributed by atoms with Crippen LogP contribution >= 0.6 is 0 Å². The summed E-state index contributed by atoms with van der Waals surface area (Å²) in [4.78, 5) is 0.